The number of nitrogens with one attached hydrogen (secondary N) is 1. The molecule has 0 saturated carbocycles. The zero-order chi connectivity index (χ0) is 25.4. The molecule has 1 amide bonds. The minimum atomic E-state index is -0.395. The van der Waals surface area contributed by atoms with E-state index in [0.29, 0.717) is 53.4 Å². The van der Waals surface area contributed by atoms with Gasteiger partial charge in [-0.05, 0) is 41.5 Å². The summed E-state index contributed by atoms with van der Waals surface area (Å²) in [7, 11) is 0. The van der Waals surface area contributed by atoms with Crippen molar-refractivity contribution in [1.29, 1.82) is 0 Å². The van der Waals surface area contributed by atoms with E-state index >= 15 is 0 Å². The second kappa shape index (κ2) is 9.51. The molecule has 1 aliphatic heterocycles. The van der Waals surface area contributed by atoms with Gasteiger partial charge in [0.15, 0.2) is 5.75 Å². The highest BCUT2D eigenvalue weighted by molar-refractivity contribution is 6.33. The summed E-state index contributed by atoms with van der Waals surface area (Å²) in [5.41, 5.74) is 4.30. The van der Waals surface area contributed by atoms with Gasteiger partial charge < -0.3 is 19.4 Å². The minimum Gasteiger partial charge on any atom is -0.484 e. The molecule has 6 rings (SSSR count). The Balaban J connectivity index is 1.28. The Morgan fingerprint density at radius 3 is 2.81 bits per heavy atom. The fourth-order valence-corrected chi connectivity index (χ4v) is 4.37. The lowest BCUT2D eigenvalue weighted by Crippen LogP contribution is -2.18. The number of imidazole rings is 1. The molecule has 1 aliphatic rings. The Bertz CT molecular complexity index is 1650. The average Bonchev–Trinajstić information content (AvgIpc) is 3.31. The van der Waals surface area contributed by atoms with Crippen LogP contribution >= 0.6 is 11.6 Å². The summed E-state index contributed by atoms with van der Waals surface area (Å²) >= 11 is 6.50. The average molecular weight is 516 g/mol. The van der Waals surface area contributed by atoms with Crippen LogP contribution in [0.3, 0.4) is 0 Å². The third-order valence-corrected chi connectivity index (χ3v) is 6.23. The molecule has 0 saturated heterocycles. The maximum atomic E-state index is 13.7. The van der Waals surface area contributed by atoms with Crippen LogP contribution in [0.5, 0.6) is 11.6 Å². The van der Waals surface area contributed by atoms with E-state index in [4.69, 9.17) is 21.1 Å². The van der Waals surface area contributed by atoms with Crippen LogP contribution in [-0.4, -0.2) is 38.6 Å². The van der Waals surface area contributed by atoms with Gasteiger partial charge in [0.1, 0.15) is 24.8 Å². The molecular weight excluding hydrogens is 497 g/mol. The summed E-state index contributed by atoms with van der Waals surface area (Å²) in [6.45, 7) is 1.28. The number of hydrogen-bond acceptors (Lipinski definition) is 6. The molecule has 10 heteroatoms. The normalized spacial score (nSPS) is 12.5. The van der Waals surface area contributed by atoms with E-state index in [-0.39, 0.29) is 5.82 Å². The zero-order valence-corrected chi connectivity index (χ0v) is 20.1. The highest BCUT2D eigenvalue weighted by atomic mass is 35.5. The van der Waals surface area contributed by atoms with Gasteiger partial charge >= 0.3 is 0 Å². The molecule has 4 heterocycles. The van der Waals surface area contributed by atoms with Crippen LogP contribution in [0.2, 0.25) is 5.02 Å². The first kappa shape index (κ1) is 22.9. The quantitative estimate of drug-likeness (QED) is 0.339. The van der Waals surface area contributed by atoms with Crippen molar-refractivity contribution in [1.82, 2.24) is 19.5 Å². The van der Waals surface area contributed by atoms with Crippen molar-refractivity contribution in [3.05, 3.63) is 95.3 Å². The Hall–Kier alpha value is -4.50. The van der Waals surface area contributed by atoms with Crippen molar-refractivity contribution < 1.29 is 18.7 Å². The number of amides is 1. The van der Waals surface area contributed by atoms with Crippen molar-refractivity contribution in [2.45, 2.75) is 6.54 Å². The standard InChI is InChI=1S/C27H19ClFN5O3/c28-21-13-30-25(33-26(35)18-10-24-27(31-12-18)37-7-6-36-24)11-20(21)17-4-5-22-23(9-17)34(15-32-22)14-16-2-1-3-19(29)8-16/h1-5,8-13,15H,6-7,14H2,(H,30,33,35). The van der Waals surface area contributed by atoms with E-state index in [0.717, 1.165) is 22.2 Å². The summed E-state index contributed by atoms with van der Waals surface area (Å²) in [5.74, 6) is 0.433. The molecule has 0 fully saturated rings. The van der Waals surface area contributed by atoms with Gasteiger partial charge in [0.2, 0.25) is 0 Å². The molecule has 0 bridgehead atoms. The fourth-order valence-electron chi connectivity index (χ4n) is 4.16. The van der Waals surface area contributed by atoms with E-state index in [9.17, 15) is 9.18 Å². The van der Waals surface area contributed by atoms with Gasteiger partial charge in [-0.1, -0.05) is 29.8 Å². The van der Waals surface area contributed by atoms with E-state index in [1.807, 2.05) is 28.8 Å². The first-order valence-corrected chi connectivity index (χ1v) is 11.8. The van der Waals surface area contributed by atoms with Gasteiger partial charge in [-0.15, -0.1) is 0 Å². The maximum Gasteiger partial charge on any atom is 0.258 e. The van der Waals surface area contributed by atoms with Gasteiger partial charge in [0.25, 0.3) is 11.8 Å². The number of hydrogen-bond donors (Lipinski definition) is 1. The number of rotatable bonds is 5. The zero-order valence-electron chi connectivity index (χ0n) is 19.3. The van der Waals surface area contributed by atoms with E-state index in [2.05, 4.69) is 20.3 Å². The lowest BCUT2D eigenvalue weighted by Gasteiger charge is -2.17. The predicted octanol–water partition coefficient (Wildman–Crippen LogP) is 5.36. The SMILES string of the molecule is O=C(Nc1cc(-c2ccc3ncn(Cc4cccc(F)c4)c3c2)c(Cl)cn1)c1cnc2c(c1)OCCO2. The molecule has 0 spiro atoms. The van der Waals surface area contributed by atoms with Crippen LogP contribution < -0.4 is 14.8 Å². The van der Waals surface area contributed by atoms with Crippen LogP contribution in [0.4, 0.5) is 10.2 Å². The molecule has 8 nitrogen and oxygen atoms in total. The Labute approximate surface area is 215 Å². The molecule has 0 unspecified atom stereocenters. The lowest BCUT2D eigenvalue weighted by atomic mass is 10.1. The van der Waals surface area contributed by atoms with Crippen LogP contribution in [0.25, 0.3) is 22.2 Å². The smallest absolute Gasteiger partial charge is 0.258 e. The number of pyridine rings is 2. The third kappa shape index (κ3) is 4.68. The highest BCUT2D eigenvalue weighted by Gasteiger charge is 2.18. The maximum absolute atomic E-state index is 13.7. The number of carbonyl (C=O) groups excluding carboxylic acids is 1. The van der Waals surface area contributed by atoms with Crippen LogP contribution in [0, 0.1) is 5.82 Å². The topological polar surface area (TPSA) is 91.2 Å². The number of halogens is 2. The molecule has 37 heavy (non-hydrogen) atoms. The number of aromatic nitrogens is 4. The summed E-state index contributed by atoms with van der Waals surface area (Å²) in [6.07, 6.45) is 4.64. The van der Waals surface area contributed by atoms with Gasteiger partial charge in [0, 0.05) is 30.6 Å². The molecule has 3 aromatic heterocycles. The first-order chi connectivity index (χ1) is 18.0. The van der Waals surface area contributed by atoms with E-state index in [1.54, 1.807) is 24.5 Å². The molecule has 184 valence electrons. The Morgan fingerprint density at radius 2 is 1.92 bits per heavy atom. The third-order valence-electron chi connectivity index (χ3n) is 5.93. The van der Waals surface area contributed by atoms with Crippen LogP contribution in [0.1, 0.15) is 15.9 Å². The summed E-state index contributed by atoms with van der Waals surface area (Å²) in [4.78, 5) is 25.7. The van der Waals surface area contributed by atoms with Crippen molar-refractivity contribution in [3.63, 3.8) is 0 Å². The molecule has 1 N–H and O–H groups in total. The molecule has 2 aromatic carbocycles. The van der Waals surface area contributed by atoms with Crippen molar-refractivity contribution in [2.24, 2.45) is 0 Å². The fraction of sp³-hybridized carbons (Fsp3) is 0.111. The summed E-state index contributed by atoms with van der Waals surface area (Å²) < 4.78 is 26.5. The van der Waals surface area contributed by atoms with Crippen LogP contribution in [-0.2, 0) is 6.54 Å². The van der Waals surface area contributed by atoms with Crippen molar-refractivity contribution in [2.75, 3.05) is 18.5 Å². The molecular formula is C27H19ClFN5O3. The molecule has 5 aromatic rings. The first-order valence-electron chi connectivity index (χ1n) is 11.5. The van der Waals surface area contributed by atoms with Crippen molar-refractivity contribution >= 4 is 34.4 Å². The summed E-state index contributed by atoms with van der Waals surface area (Å²) in [6, 6.07) is 15.5. The van der Waals surface area contributed by atoms with E-state index in [1.165, 1.54) is 24.5 Å². The predicted molar refractivity (Wildman–Crippen MR) is 137 cm³/mol. The molecule has 0 aliphatic carbocycles. The summed E-state index contributed by atoms with van der Waals surface area (Å²) in [5, 5.41) is 3.21. The van der Waals surface area contributed by atoms with Gasteiger partial charge in [-0.2, -0.15) is 0 Å². The van der Waals surface area contributed by atoms with Gasteiger partial charge in [-0.3, -0.25) is 4.79 Å². The van der Waals surface area contributed by atoms with Gasteiger partial charge in [0.05, 0.1) is 27.9 Å². The van der Waals surface area contributed by atoms with Gasteiger partial charge in [-0.25, -0.2) is 19.3 Å². The minimum absolute atomic E-state index is 0.284. The monoisotopic (exact) mass is 515 g/mol. The largest absolute Gasteiger partial charge is 0.484 e. The van der Waals surface area contributed by atoms with Crippen molar-refractivity contribution in [3.8, 4) is 22.8 Å². The number of anilines is 1. The Morgan fingerprint density at radius 1 is 1.03 bits per heavy atom. The van der Waals surface area contributed by atoms with E-state index < -0.39 is 5.91 Å². The number of benzene rings is 2. The Kier molecular flexibility index (Phi) is 5.90. The second-order valence-electron chi connectivity index (χ2n) is 8.43. The highest BCUT2D eigenvalue weighted by Crippen LogP contribution is 2.32. The number of nitrogens with zero attached hydrogens (tertiary/aromatic N) is 4. The number of fused-ring (bicyclic) bond motifs is 2. The molecule has 0 radical (unpaired) electrons. The lowest BCUT2D eigenvalue weighted by molar-refractivity contribution is 0.102. The number of carbonyl (C=O) groups is 1. The van der Waals surface area contributed by atoms with Crippen LogP contribution in [0.15, 0.2) is 73.3 Å². The number of ether oxygens (including phenoxy) is 2. The second-order valence-corrected chi connectivity index (χ2v) is 8.84. The molecule has 0 atom stereocenters.